The summed E-state index contributed by atoms with van der Waals surface area (Å²) in [7, 11) is 0. The highest BCUT2D eigenvalue weighted by atomic mass is 32.2. The summed E-state index contributed by atoms with van der Waals surface area (Å²) in [5, 5.41) is 3.17. The van der Waals surface area contributed by atoms with Crippen LogP contribution in [-0.2, 0) is 4.79 Å². The lowest BCUT2D eigenvalue weighted by atomic mass is 9.86. The second kappa shape index (κ2) is 9.40. The van der Waals surface area contributed by atoms with E-state index in [1.807, 2.05) is 0 Å². The van der Waals surface area contributed by atoms with Gasteiger partial charge in [0.2, 0.25) is 5.91 Å². The maximum Gasteiger partial charge on any atom is 0.261 e. The molecule has 2 atom stereocenters. The minimum absolute atomic E-state index is 0.124. The Morgan fingerprint density at radius 1 is 1.11 bits per heavy atom. The van der Waals surface area contributed by atoms with Gasteiger partial charge in [0.1, 0.15) is 0 Å². The quantitative estimate of drug-likeness (QED) is 0.547. The molecule has 27 heavy (non-hydrogen) atoms. The second-order valence-electron chi connectivity index (χ2n) is 7.50. The van der Waals surface area contributed by atoms with Crippen molar-refractivity contribution in [3.8, 4) is 0 Å². The SMILES string of the molecule is C[C@@H]1CCCC[C@@H]1NC(=O)CSCCCCN1C(=O)c2ccccc2C1=O. The van der Waals surface area contributed by atoms with Gasteiger partial charge in [0.15, 0.2) is 0 Å². The molecule has 146 valence electrons. The lowest BCUT2D eigenvalue weighted by molar-refractivity contribution is -0.119. The number of thioether (sulfide) groups is 1. The van der Waals surface area contributed by atoms with Crippen molar-refractivity contribution < 1.29 is 14.4 Å². The molecule has 1 saturated carbocycles. The van der Waals surface area contributed by atoms with Crippen LogP contribution in [0.5, 0.6) is 0 Å². The van der Waals surface area contributed by atoms with Gasteiger partial charge in [-0.1, -0.05) is 31.9 Å². The monoisotopic (exact) mass is 388 g/mol. The van der Waals surface area contributed by atoms with Crippen molar-refractivity contribution in [1.82, 2.24) is 10.2 Å². The van der Waals surface area contributed by atoms with Gasteiger partial charge in [0.25, 0.3) is 11.8 Å². The Balaban J connectivity index is 1.30. The van der Waals surface area contributed by atoms with Crippen molar-refractivity contribution in [2.24, 2.45) is 5.92 Å². The van der Waals surface area contributed by atoms with Crippen LogP contribution in [0.2, 0.25) is 0 Å². The number of imide groups is 1. The molecular formula is C21H28N2O3S. The maximum absolute atomic E-state index is 12.3. The molecule has 0 aromatic heterocycles. The van der Waals surface area contributed by atoms with E-state index in [1.165, 1.54) is 24.2 Å². The van der Waals surface area contributed by atoms with Crippen LogP contribution in [-0.4, -0.2) is 46.7 Å². The normalized spacial score (nSPS) is 22.0. The molecule has 0 radical (unpaired) electrons. The molecule has 1 fully saturated rings. The number of nitrogens with zero attached hydrogens (tertiary/aromatic N) is 1. The first-order valence-electron chi connectivity index (χ1n) is 9.90. The number of hydrogen-bond donors (Lipinski definition) is 1. The number of carbonyl (C=O) groups is 3. The highest BCUT2D eigenvalue weighted by Crippen LogP contribution is 2.24. The second-order valence-corrected chi connectivity index (χ2v) is 8.61. The number of unbranched alkanes of at least 4 members (excludes halogenated alkanes) is 1. The Hall–Kier alpha value is -1.82. The van der Waals surface area contributed by atoms with Gasteiger partial charge in [-0.25, -0.2) is 0 Å². The van der Waals surface area contributed by atoms with Crippen LogP contribution < -0.4 is 5.32 Å². The van der Waals surface area contributed by atoms with Crippen LogP contribution >= 0.6 is 11.8 Å². The predicted molar refractivity (Wildman–Crippen MR) is 108 cm³/mol. The third-order valence-corrected chi connectivity index (χ3v) is 6.53. The van der Waals surface area contributed by atoms with Gasteiger partial charge in [-0.15, -0.1) is 0 Å². The lowest BCUT2D eigenvalue weighted by Gasteiger charge is -2.29. The molecule has 0 unspecified atom stereocenters. The van der Waals surface area contributed by atoms with Gasteiger partial charge < -0.3 is 5.32 Å². The molecule has 5 nitrogen and oxygen atoms in total. The first-order valence-corrected chi connectivity index (χ1v) is 11.1. The molecule has 1 aromatic rings. The molecule has 3 amide bonds. The van der Waals surface area contributed by atoms with E-state index in [0.717, 1.165) is 25.0 Å². The summed E-state index contributed by atoms with van der Waals surface area (Å²) < 4.78 is 0. The molecule has 1 aromatic carbocycles. The molecule has 0 bridgehead atoms. The summed E-state index contributed by atoms with van der Waals surface area (Å²) in [5.74, 6) is 1.66. The van der Waals surface area contributed by atoms with Gasteiger partial charge in [-0.05, 0) is 49.5 Å². The zero-order valence-corrected chi connectivity index (χ0v) is 16.7. The number of carbonyl (C=O) groups excluding carboxylic acids is 3. The van der Waals surface area contributed by atoms with E-state index in [4.69, 9.17) is 0 Å². The van der Waals surface area contributed by atoms with Crippen molar-refractivity contribution >= 4 is 29.5 Å². The largest absolute Gasteiger partial charge is 0.352 e. The van der Waals surface area contributed by atoms with Gasteiger partial charge in [0, 0.05) is 12.6 Å². The number of amides is 3. The average molecular weight is 389 g/mol. The molecule has 1 aliphatic heterocycles. The molecule has 1 aliphatic carbocycles. The van der Waals surface area contributed by atoms with Crippen LogP contribution in [0.3, 0.4) is 0 Å². The zero-order chi connectivity index (χ0) is 19.2. The molecule has 0 saturated heterocycles. The fraction of sp³-hybridized carbons (Fsp3) is 0.571. The Morgan fingerprint density at radius 3 is 2.44 bits per heavy atom. The van der Waals surface area contributed by atoms with Crippen molar-refractivity contribution in [3.05, 3.63) is 35.4 Å². The molecule has 2 aliphatic rings. The zero-order valence-electron chi connectivity index (χ0n) is 15.9. The summed E-state index contributed by atoms with van der Waals surface area (Å²) >= 11 is 1.62. The standard InChI is InChI=1S/C21H28N2O3S/c1-15-8-2-5-11-18(15)22-19(24)14-27-13-7-6-12-23-20(25)16-9-3-4-10-17(16)21(23)26/h3-4,9-10,15,18H,2,5-8,11-14H2,1H3,(H,22,24)/t15-,18+/m1/s1. The van der Waals surface area contributed by atoms with Crippen LogP contribution in [0.4, 0.5) is 0 Å². The van der Waals surface area contributed by atoms with E-state index in [1.54, 1.807) is 36.0 Å². The Bertz CT molecular complexity index is 671. The Kier molecular flexibility index (Phi) is 6.94. The number of hydrogen-bond acceptors (Lipinski definition) is 4. The Labute approximate surface area is 165 Å². The third kappa shape index (κ3) is 4.92. The van der Waals surface area contributed by atoms with E-state index in [0.29, 0.717) is 35.4 Å². The molecule has 3 rings (SSSR count). The average Bonchev–Trinajstić information content (AvgIpc) is 2.91. The Morgan fingerprint density at radius 2 is 1.78 bits per heavy atom. The first-order chi connectivity index (χ1) is 13.1. The number of rotatable bonds is 8. The molecule has 0 spiro atoms. The summed E-state index contributed by atoms with van der Waals surface area (Å²) in [6.45, 7) is 2.66. The highest BCUT2D eigenvalue weighted by Gasteiger charge is 2.34. The minimum atomic E-state index is -0.191. The van der Waals surface area contributed by atoms with Crippen molar-refractivity contribution in [1.29, 1.82) is 0 Å². The van der Waals surface area contributed by atoms with E-state index in [9.17, 15) is 14.4 Å². The smallest absolute Gasteiger partial charge is 0.261 e. The highest BCUT2D eigenvalue weighted by molar-refractivity contribution is 7.99. The summed E-state index contributed by atoms with van der Waals surface area (Å²) in [6, 6.07) is 7.31. The van der Waals surface area contributed by atoms with E-state index in [-0.39, 0.29) is 17.7 Å². The van der Waals surface area contributed by atoms with Crippen molar-refractivity contribution in [2.45, 2.75) is 51.5 Å². The van der Waals surface area contributed by atoms with Gasteiger partial charge in [0.05, 0.1) is 16.9 Å². The molecule has 6 heteroatoms. The van der Waals surface area contributed by atoms with Crippen LogP contribution in [0.25, 0.3) is 0 Å². The first kappa shape index (κ1) is 19.9. The van der Waals surface area contributed by atoms with Gasteiger partial charge >= 0.3 is 0 Å². The lowest BCUT2D eigenvalue weighted by Crippen LogP contribution is -2.41. The van der Waals surface area contributed by atoms with E-state index < -0.39 is 0 Å². The van der Waals surface area contributed by atoms with Gasteiger partial charge in [-0.2, -0.15) is 11.8 Å². The van der Waals surface area contributed by atoms with E-state index in [2.05, 4.69) is 12.2 Å². The maximum atomic E-state index is 12.3. The van der Waals surface area contributed by atoms with Gasteiger partial charge in [-0.3, -0.25) is 19.3 Å². The summed E-state index contributed by atoms with van der Waals surface area (Å²) in [4.78, 5) is 38.0. The summed E-state index contributed by atoms with van der Waals surface area (Å²) in [5.41, 5.74) is 1.01. The van der Waals surface area contributed by atoms with Crippen LogP contribution in [0.15, 0.2) is 24.3 Å². The molecule has 1 heterocycles. The topological polar surface area (TPSA) is 66.5 Å². The van der Waals surface area contributed by atoms with Crippen molar-refractivity contribution in [2.75, 3.05) is 18.1 Å². The number of fused-ring (bicyclic) bond motifs is 1. The fourth-order valence-corrected chi connectivity index (χ4v) is 4.68. The third-order valence-electron chi connectivity index (χ3n) is 5.49. The predicted octanol–water partition coefficient (Wildman–Crippen LogP) is 3.49. The van der Waals surface area contributed by atoms with E-state index >= 15 is 0 Å². The minimum Gasteiger partial charge on any atom is -0.352 e. The molecule has 1 N–H and O–H groups in total. The molecular weight excluding hydrogens is 360 g/mol. The summed E-state index contributed by atoms with van der Waals surface area (Å²) in [6.07, 6.45) is 6.42. The van der Waals surface area contributed by atoms with Crippen LogP contribution in [0, 0.1) is 5.92 Å². The number of benzene rings is 1. The fourth-order valence-electron chi connectivity index (χ4n) is 3.86. The van der Waals surface area contributed by atoms with Crippen LogP contribution in [0.1, 0.15) is 66.2 Å². The van der Waals surface area contributed by atoms with Crippen molar-refractivity contribution in [3.63, 3.8) is 0 Å². The number of nitrogens with one attached hydrogen (secondary N) is 1.